The van der Waals surface area contributed by atoms with Crippen LogP contribution < -0.4 is 10.0 Å². The molecule has 0 unspecified atom stereocenters. The SMILES string of the molecule is CCc1ccccc1NS(=O)(=O)c1ccc2c(c1)[C@H]1C=CC[C@H]1[C@@H](c1ccc(F)cc1)N2. The molecule has 2 N–H and O–H groups in total. The Kier molecular flexibility index (Phi) is 5.25. The Morgan fingerprint density at radius 1 is 1.06 bits per heavy atom. The van der Waals surface area contributed by atoms with Crippen molar-refractivity contribution >= 4 is 21.4 Å². The van der Waals surface area contributed by atoms with Gasteiger partial charge in [-0.25, -0.2) is 12.8 Å². The van der Waals surface area contributed by atoms with Gasteiger partial charge in [-0.3, -0.25) is 4.72 Å². The Hall–Kier alpha value is -3.12. The second-order valence-electron chi connectivity index (χ2n) is 8.39. The van der Waals surface area contributed by atoms with Crippen molar-refractivity contribution in [2.45, 2.75) is 36.6 Å². The van der Waals surface area contributed by atoms with Crippen LogP contribution in [0.1, 0.15) is 42.0 Å². The van der Waals surface area contributed by atoms with E-state index in [0.717, 1.165) is 35.2 Å². The molecule has 1 aliphatic heterocycles. The Morgan fingerprint density at radius 3 is 2.62 bits per heavy atom. The van der Waals surface area contributed by atoms with Crippen molar-refractivity contribution < 1.29 is 12.8 Å². The predicted molar refractivity (Wildman–Crippen MR) is 126 cm³/mol. The molecule has 0 spiro atoms. The van der Waals surface area contributed by atoms with Gasteiger partial charge in [-0.1, -0.05) is 49.4 Å². The van der Waals surface area contributed by atoms with Crippen molar-refractivity contribution in [1.29, 1.82) is 0 Å². The maximum absolute atomic E-state index is 13.4. The van der Waals surface area contributed by atoms with Crippen LogP contribution in [0.4, 0.5) is 15.8 Å². The zero-order valence-corrected chi connectivity index (χ0v) is 18.6. The minimum Gasteiger partial charge on any atom is -0.378 e. The maximum atomic E-state index is 13.4. The molecule has 5 rings (SSSR count). The van der Waals surface area contributed by atoms with Crippen molar-refractivity contribution in [3.63, 3.8) is 0 Å². The lowest BCUT2D eigenvalue weighted by Gasteiger charge is -2.37. The van der Waals surface area contributed by atoms with Crippen LogP contribution in [-0.2, 0) is 16.4 Å². The average Bonchev–Trinajstić information content (AvgIpc) is 3.29. The highest BCUT2D eigenvalue weighted by Crippen LogP contribution is 2.50. The van der Waals surface area contributed by atoms with Gasteiger partial charge >= 0.3 is 0 Å². The molecule has 0 amide bonds. The van der Waals surface area contributed by atoms with E-state index in [1.54, 1.807) is 18.2 Å². The summed E-state index contributed by atoms with van der Waals surface area (Å²) in [7, 11) is -3.72. The molecular weight excluding hydrogens is 423 g/mol. The standard InChI is InChI=1S/C26H25FN2O2S/c1-2-17-6-3-4-9-24(17)29-32(30,31)20-14-15-25-23(16-20)21-7-5-8-22(21)26(28-25)18-10-12-19(27)13-11-18/h3-7,9-16,21-22,26,28-29H,2,8H2,1H3/t21-,22+,26+/m0/s1. The number of hydrogen-bond acceptors (Lipinski definition) is 3. The molecule has 0 saturated heterocycles. The third-order valence-corrected chi connectivity index (χ3v) is 7.88. The molecule has 1 aliphatic carbocycles. The molecule has 0 radical (unpaired) electrons. The van der Waals surface area contributed by atoms with Gasteiger partial charge in [0.2, 0.25) is 0 Å². The van der Waals surface area contributed by atoms with Gasteiger partial charge in [0.1, 0.15) is 5.82 Å². The maximum Gasteiger partial charge on any atom is 0.261 e. The summed E-state index contributed by atoms with van der Waals surface area (Å²) in [5.74, 6) is 0.108. The molecule has 3 aromatic rings. The first-order chi connectivity index (χ1) is 15.5. The van der Waals surface area contributed by atoms with E-state index in [1.165, 1.54) is 12.1 Å². The van der Waals surface area contributed by atoms with E-state index in [4.69, 9.17) is 0 Å². The van der Waals surface area contributed by atoms with Gasteiger partial charge in [0.15, 0.2) is 0 Å². The minimum absolute atomic E-state index is 0.0418. The summed E-state index contributed by atoms with van der Waals surface area (Å²) >= 11 is 0. The normalized spacial score (nSPS) is 21.5. The van der Waals surface area contributed by atoms with Crippen LogP contribution in [-0.4, -0.2) is 8.42 Å². The molecule has 3 aromatic carbocycles. The average molecular weight is 449 g/mol. The monoisotopic (exact) mass is 448 g/mol. The number of fused-ring (bicyclic) bond motifs is 3. The molecule has 2 aliphatic rings. The summed E-state index contributed by atoms with van der Waals surface area (Å²) in [4.78, 5) is 0.253. The number of sulfonamides is 1. The Balaban J connectivity index is 1.49. The van der Waals surface area contributed by atoms with Gasteiger partial charge in [0.05, 0.1) is 16.6 Å². The van der Waals surface area contributed by atoms with Crippen LogP contribution in [0.3, 0.4) is 0 Å². The number of benzene rings is 3. The highest BCUT2D eigenvalue weighted by Gasteiger charge is 2.38. The Labute approximate surface area is 188 Å². The lowest BCUT2D eigenvalue weighted by Crippen LogP contribution is -2.29. The van der Waals surface area contributed by atoms with Gasteiger partial charge in [0, 0.05) is 11.6 Å². The van der Waals surface area contributed by atoms with Gasteiger partial charge in [-0.2, -0.15) is 0 Å². The third kappa shape index (κ3) is 3.69. The van der Waals surface area contributed by atoms with Crippen molar-refractivity contribution in [2.75, 3.05) is 10.0 Å². The highest BCUT2D eigenvalue weighted by atomic mass is 32.2. The Morgan fingerprint density at radius 2 is 1.84 bits per heavy atom. The minimum atomic E-state index is -3.72. The number of allylic oxidation sites excluding steroid dienone is 2. The third-order valence-electron chi connectivity index (χ3n) is 6.52. The van der Waals surface area contributed by atoms with Crippen molar-refractivity contribution in [2.24, 2.45) is 5.92 Å². The topological polar surface area (TPSA) is 58.2 Å². The van der Waals surface area contributed by atoms with Crippen molar-refractivity contribution in [3.8, 4) is 0 Å². The second-order valence-corrected chi connectivity index (χ2v) is 10.1. The molecule has 0 saturated carbocycles. The summed E-state index contributed by atoms with van der Waals surface area (Å²) in [6.45, 7) is 2.00. The van der Waals surface area contributed by atoms with Crippen molar-refractivity contribution in [3.05, 3.63) is 101 Å². The van der Waals surface area contributed by atoms with E-state index in [1.807, 2.05) is 43.3 Å². The van der Waals surface area contributed by atoms with E-state index < -0.39 is 10.0 Å². The van der Waals surface area contributed by atoms with Crippen LogP contribution in [0, 0.1) is 11.7 Å². The fourth-order valence-corrected chi connectivity index (χ4v) is 6.01. The molecule has 1 heterocycles. The number of hydrogen-bond donors (Lipinski definition) is 2. The van der Waals surface area contributed by atoms with Crippen LogP contribution in [0.25, 0.3) is 0 Å². The zero-order valence-electron chi connectivity index (χ0n) is 17.8. The molecular formula is C26H25FN2O2S. The lowest BCUT2D eigenvalue weighted by atomic mass is 9.77. The highest BCUT2D eigenvalue weighted by molar-refractivity contribution is 7.92. The second kappa shape index (κ2) is 8.10. The van der Waals surface area contributed by atoms with E-state index in [0.29, 0.717) is 5.69 Å². The zero-order chi connectivity index (χ0) is 22.3. The van der Waals surface area contributed by atoms with Gasteiger partial charge in [0.25, 0.3) is 10.0 Å². The summed E-state index contributed by atoms with van der Waals surface area (Å²) in [6, 6.07) is 19.4. The fourth-order valence-electron chi connectivity index (χ4n) is 4.87. The fraction of sp³-hybridized carbons (Fsp3) is 0.231. The Bertz CT molecular complexity index is 1290. The molecule has 164 valence electrons. The number of anilines is 2. The lowest BCUT2D eigenvalue weighted by molar-refractivity contribution is 0.424. The van der Waals surface area contributed by atoms with E-state index in [2.05, 4.69) is 22.2 Å². The van der Waals surface area contributed by atoms with E-state index >= 15 is 0 Å². The predicted octanol–water partition coefficient (Wildman–Crippen LogP) is 6.02. The van der Waals surface area contributed by atoms with Gasteiger partial charge in [-0.15, -0.1) is 0 Å². The summed E-state index contributed by atoms with van der Waals surface area (Å²) < 4.78 is 42.5. The van der Waals surface area contributed by atoms with Crippen molar-refractivity contribution in [1.82, 2.24) is 0 Å². The van der Waals surface area contributed by atoms with E-state index in [-0.39, 0.29) is 28.6 Å². The smallest absolute Gasteiger partial charge is 0.261 e. The number of para-hydroxylation sites is 1. The molecule has 3 atom stereocenters. The molecule has 4 nitrogen and oxygen atoms in total. The molecule has 6 heteroatoms. The van der Waals surface area contributed by atoms with Gasteiger partial charge in [-0.05, 0) is 71.8 Å². The summed E-state index contributed by atoms with van der Waals surface area (Å²) in [5, 5.41) is 3.57. The van der Waals surface area contributed by atoms with E-state index in [9.17, 15) is 12.8 Å². The number of nitrogens with one attached hydrogen (secondary N) is 2. The molecule has 0 fully saturated rings. The number of aryl methyl sites for hydroxylation is 1. The molecule has 0 bridgehead atoms. The first kappa shape index (κ1) is 20.8. The summed E-state index contributed by atoms with van der Waals surface area (Å²) in [6.07, 6.45) is 5.95. The van der Waals surface area contributed by atoms with Gasteiger partial charge < -0.3 is 5.32 Å². The van der Waals surface area contributed by atoms with Crippen LogP contribution in [0.15, 0.2) is 83.8 Å². The largest absolute Gasteiger partial charge is 0.378 e. The summed E-state index contributed by atoms with van der Waals surface area (Å²) in [5.41, 5.74) is 4.50. The molecule has 32 heavy (non-hydrogen) atoms. The first-order valence-corrected chi connectivity index (χ1v) is 12.4. The van der Waals surface area contributed by atoms with Crippen LogP contribution in [0.5, 0.6) is 0 Å². The number of rotatable bonds is 5. The quantitative estimate of drug-likeness (QED) is 0.470. The van der Waals surface area contributed by atoms with Crippen LogP contribution in [0.2, 0.25) is 0 Å². The molecule has 0 aromatic heterocycles. The first-order valence-electron chi connectivity index (χ1n) is 10.9. The van der Waals surface area contributed by atoms with Crippen LogP contribution >= 0.6 is 0 Å². The number of halogens is 1.